The molecule has 0 saturated carbocycles. The third kappa shape index (κ3) is 79.5. The third-order valence-corrected chi connectivity index (χ3v) is 1.61. The van der Waals surface area contributed by atoms with E-state index < -0.39 is 0 Å². The van der Waals surface area contributed by atoms with Crippen molar-refractivity contribution in [3.63, 3.8) is 0 Å². The molecule has 0 N–H and O–H groups in total. The number of benzene rings is 2. The van der Waals surface area contributed by atoms with Crippen LogP contribution in [-0.2, 0) is 0 Å². The molecule has 0 amide bonds. The zero-order chi connectivity index (χ0) is 22.8. The van der Waals surface area contributed by atoms with Crippen LogP contribution in [0.3, 0.4) is 0 Å². The van der Waals surface area contributed by atoms with Gasteiger partial charge in [-0.1, -0.05) is 168 Å². The van der Waals surface area contributed by atoms with Gasteiger partial charge in [0.15, 0.2) is 0 Å². The number of rotatable bonds is 0. The highest BCUT2D eigenvalue weighted by Crippen LogP contribution is 1.92. The van der Waals surface area contributed by atoms with Gasteiger partial charge < -0.3 is 0 Å². The summed E-state index contributed by atoms with van der Waals surface area (Å²) >= 11 is 0. The van der Waals surface area contributed by atoms with Crippen LogP contribution in [0.25, 0.3) is 0 Å². The minimum atomic E-state index is 1.25. The topological polar surface area (TPSA) is 0 Å². The van der Waals surface area contributed by atoms with Gasteiger partial charge in [0.25, 0.3) is 0 Å². The molecule has 2 rings (SSSR count). The quantitative estimate of drug-likeness (QED) is 0.427. The van der Waals surface area contributed by atoms with Crippen molar-refractivity contribution in [3.8, 4) is 0 Å². The Balaban J connectivity index is -0.0000000505. The molecule has 0 aliphatic carbocycles. The van der Waals surface area contributed by atoms with Crippen LogP contribution in [0.4, 0.5) is 0 Å². The van der Waals surface area contributed by atoms with Gasteiger partial charge in [-0.3, -0.25) is 0 Å². The summed E-state index contributed by atoms with van der Waals surface area (Å²) < 4.78 is 0. The second-order valence-corrected chi connectivity index (χ2v) is 4.22. The predicted octanol–water partition coefficient (Wildman–Crippen LogP) is 10.6. The van der Waals surface area contributed by atoms with Gasteiger partial charge in [-0.15, -0.1) is 0 Å². The van der Waals surface area contributed by atoms with Crippen molar-refractivity contribution in [1.82, 2.24) is 0 Å². The van der Waals surface area contributed by atoms with Crippen molar-refractivity contribution >= 4 is 0 Å². The van der Waals surface area contributed by atoms with Gasteiger partial charge in [0.05, 0.1) is 0 Å². The van der Waals surface area contributed by atoms with Crippen LogP contribution < -0.4 is 0 Å². The average Bonchev–Trinajstić information content (AvgIpc) is 2.77. The van der Waals surface area contributed by atoms with E-state index in [1.807, 2.05) is 110 Å². The van der Waals surface area contributed by atoms with Gasteiger partial charge in [0.2, 0.25) is 0 Å². The van der Waals surface area contributed by atoms with E-state index in [1.165, 1.54) is 18.4 Å². The summed E-state index contributed by atoms with van der Waals surface area (Å²) in [5.74, 6) is 0. The molecule has 0 nitrogen and oxygen atoms in total. The second-order valence-electron chi connectivity index (χ2n) is 4.22. The smallest absolute Gasteiger partial charge is 0.0398 e. The highest BCUT2D eigenvalue weighted by molar-refractivity contribution is 5.11. The molecule has 0 unspecified atom stereocenters. The zero-order valence-corrected chi connectivity index (χ0v) is 21.3. The summed E-state index contributed by atoms with van der Waals surface area (Å²) in [5.41, 5.74) is 1.32. The summed E-state index contributed by atoms with van der Waals surface area (Å²) in [6.45, 7) is 26.6. The van der Waals surface area contributed by atoms with Crippen LogP contribution >= 0.6 is 0 Å². The average molecular weight is 379 g/mol. The fourth-order valence-corrected chi connectivity index (χ4v) is 0.919. The Hall–Kier alpha value is -1.56. The molecule has 0 aliphatic rings. The monoisotopic (exact) mass is 378 g/mol. The van der Waals surface area contributed by atoms with Crippen molar-refractivity contribution in [3.05, 3.63) is 72.3 Å². The molecule has 0 heteroatoms. The predicted molar refractivity (Wildman–Crippen MR) is 135 cm³/mol. The first-order valence-electron chi connectivity index (χ1n) is 11.2. The summed E-state index contributed by atoms with van der Waals surface area (Å²) in [6.07, 6.45) is 2.50. The van der Waals surface area contributed by atoms with Gasteiger partial charge in [0.1, 0.15) is 0 Å². The van der Waals surface area contributed by atoms with Crippen LogP contribution in [0.2, 0.25) is 0 Å². The minimum Gasteiger partial charge on any atom is -0.0683 e. The first kappa shape index (κ1) is 40.2. The number of aryl methyl sites for hydroxylation is 1. The maximum Gasteiger partial charge on any atom is -0.0398 e. The largest absolute Gasteiger partial charge is 0.0683 e. The van der Waals surface area contributed by atoms with Crippen molar-refractivity contribution in [1.29, 1.82) is 0 Å². The molecule has 0 bridgehead atoms. The van der Waals surface area contributed by atoms with E-state index in [0.717, 1.165) is 0 Å². The molecule has 0 atom stereocenters. The standard InChI is InChI=1S/C7H8.C6H6.2C3H8.4C2H6/c1-7-5-3-2-4-6-7;1-2-4-6-5-3-1;2*1-3-2;4*1-2/h2-6H,1H3;1-6H;2*3H2,1-2H3;4*1-2H3. The Bertz CT molecular complexity index is 295. The van der Waals surface area contributed by atoms with Crippen LogP contribution in [0.15, 0.2) is 66.7 Å². The fraction of sp³-hybridized carbons (Fsp3) is 0.556. The highest BCUT2D eigenvalue weighted by Gasteiger charge is 1.72. The first-order chi connectivity index (χ1) is 13.2. The SMILES string of the molecule is CC.CC.CC.CC.CCC.CCC.Cc1ccccc1.c1ccccc1. The van der Waals surface area contributed by atoms with Crippen LogP contribution in [0.5, 0.6) is 0 Å². The Labute approximate surface area is 175 Å². The number of hydrogen-bond donors (Lipinski definition) is 0. The van der Waals surface area contributed by atoms with Gasteiger partial charge in [-0.2, -0.15) is 0 Å². The summed E-state index contributed by atoms with van der Waals surface area (Å²) in [4.78, 5) is 0. The zero-order valence-electron chi connectivity index (χ0n) is 21.3. The molecule has 2 aromatic carbocycles. The van der Waals surface area contributed by atoms with Crippen LogP contribution in [-0.4, -0.2) is 0 Å². The lowest BCUT2D eigenvalue weighted by Crippen LogP contribution is -1.62. The summed E-state index contributed by atoms with van der Waals surface area (Å²) in [7, 11) is 0. The van der Waals surface area contributed by atoms with E-state index in [0.29, 0.717) is 0 Å². The van der Waals surface area contributed by atoms with Crippen LogP contribution in [0, 0.1) is 6.92 Å². The summed E-state index contributed by atoms with van der Waals surface area (Å²) in [5, 5.41) is 0. The van der Waals surface area contributed by atoms with Crippen molar-refractivity contribution in [2.24, 2.45) is 0 Å². The molecule has 0 aliphatic heterocycles. The van der Waals surface area contributed by atoms with E-state index in [-0.39, 0.29) is 0 Å². The molecule has 27 heavy (non-hydrogen) atoms. The van der Waals surface area contributed by atoms with Gasteiger partial charge in [-0.05, 0) is 6.92 Å². The molecular formula is C27H54. The fourth-order valence-electron chi connectivity index (χ4n) is 0.919. The molecule has 0 heterocycles. The lowest BCUT2D eigenvalue weighted by atomic mass is 10.2. The Morgan fingerprint density at radius 3 is 0.667 bits per heavy atom. The molecule has 0 spiro atoms. The Morgan fingerprint density at radius 2 is 0.556 bits per heavy atom. The van der Waals surface area contributed by atoms with E-state index in [2.05, 4.69) is 46.8 Å². The third-order valence-electron chi connectivity index (χ3n) is 1.61. The molecule has 0 fully saturated rings. The maximum atomic E-state index is 2.12. The van der Waals surface area contributed by atoms with Crippen molar-refractivity contribution in [2.45, 2.75) is 103 Å². The van der Waals surface area contributed by atoms with E-state index in [1.54, 1.807) is 0 Å². The van der Waals surface area contributed by atoms with Gasteiger partial charge >= 0.3 is 0 Å². The van der Waals surface area contributed by atoms with E-state index >= 15 is 0 Å². The molecule has 0 radical (unpaired) electrons. The lowest BCUT2D eigenvalue weighted by molar-refractivity contribution is 1.09. The molecule has 162 valence electrons. The second kappa shape index (κ2) is 64.4. The summed E-state index contributed by atoms with van der Waals surface area (Å²) in [6, 6.07) is 22.3. The van der Waals surface area contributed by atoms with E-state index in [4.69, 9.17) is 0 Å². The van der Waals surface area contributed by atoms with Gasteiger partial charge in [0, 0.05) is 0 Å². The first-order valence-corrected chi connectivity index (χ1v) is 11.2. The lowest BCUT2D eigenvalue weighted by Gasteiger charge is -1.82. The van der Waals surface area contributed by atoms with Gasteiger partial charge in [-0.25, -0.2) is 0 Å². The Morgan fingerprint density at radius 1 is 0.407 bits per heavy atom. The molecule has 2 aromatic rings. The molecule has 0 saturated heterocycles. The Kier molecular flexibility index (Phi) is 95.9. The van der Waals surface area contributed by atoms with Crippen molar-refractivity contribution in [2.75, 3.05) is 0 Å². The minimum absolute atomic E-state index is 1.25. The van der Waals surface area contributed by atoms with Crippen LogP contribution in [0.1, 0.15) is 101 Å². The number of hydrogen-bond acceptors (Lipinski definition) is 0. The van der Waals surface area contributed by atoms with E-state index in [9.17, 15) is 0 Å². The molecular weight excluding hydrogens is 324 g/mol. The molecule has 0 aromatic heterocycles. The normalized spacial score (nSPS) is 6.26. The maximum absolute atomic E-state index is 2.12. The highest BCUT2D eigenvalue weighted by atomic mass is 13.8. The van der Waals surface area contributed by atoms with Crippen molar-refractivity contribution < 1.29 is 0 Å².